The maximum Gasteiger partial charge on any atom is 0.251 e. The van der Waals surface area contributed by atoms with Crippen LogP contribution in [0.3, 0.4) is 0 Å². The molecule has 3 aliphatic rings. The number of allylic oxidation sites excluding steroid dienone is 3. The first-order valence-electron chi connectivity index (χ1n) is 32.5. The lowest BCUT2D eigenvalue weighted by molar-refractivity contribution is -0.144. The molecule has 8 amide bonds. The van der Waals surface area contributed by atoms with Crippen molar-refractivity contribution in [1.82, 2.24) is 52.3 Å². The van der Waals surface area contributed by atoms with E-state index in [9.17, 15) is 38.4 Å². The highest BCUT2D eigenvalue weighted by Gasteiger charge is 2.48. The Hall–Kier alpha value is -8.04. The molecule has 1 aliphatic carbocycles. The summed E-state index contributed by atoms with van der Waals surface area (Å²) in [5, 5.41) is 24.2. The number of benzene rings is 4. The lowest BCUT2D eigenvalue weighted by Gasteiger charge is -2.36. The van der Waals surface area contributed by atoms with Crippen molar-refractivity contribution in [2.45, 2.75) is 161 Å². The van der Waals surface area contributed by atoms with E-state index in [-0.39, 0.29) is 62.1 Å². The summed E-state index contributed by atoms with van der Waals surface area (Å²) in [6.07, 6.45) is 12.0. The minimum atomic E-state index is -1.05. The van der Waals surface area contributed by atoms with Gasteiger partial charge in [0.05, 0.1) is 37.4 Å². The van der Waals surface area contributed by atoms with E-state index in [1.54, 1.807) is 27.9 Å². The number of nitrogens with zero attached hydrogens (tertiary/aromatic N) is 2. The Morgan fingerprint density at radius 3 is 1.37 bits per heavy atom. The van der Waals surface area contributed by atoms with Gasteiger partial charge >= 0.3 is 0 Å². The van der Waals surface area contributed by atoms with E-state index >= 15 is 0 Å². The lowest BCUT2D eigenvalue weighted by atomic mass is 9.85. The first-order valence-corrected chi connectivity index (χ1v) is 32.5. The van der Waals surface area contributed by atoms with Crippen LogP contribution in [0.25, 0.3) is 0 Å². The van der Waals surface area contributed by atoms with Gasteiger partial charge < -0.3 is 61.8 Å². The average Bonchev–Trinajstić information content (AvgIpc) is 1.61. The Morgan fingerprint density at radius 1 is 0.533 bits per heavy atom. The lowest BCUT2D eigenvalue weighted by Crippen LogP contribution is -2.60. The molecule has 496 valence electrons. The van der Waals surface area contributed by atoms with Gasteiger partial charge in [-0.3, -0.25) is 38.4 Å². The van der Waals surface area contributed by atoms with Gasteiger partial charge in [0.2, 0.25) is 35.4 Å². The third-order valence-corrected chi connectivity index (χ3v) is 17.5. The zero-order chi connectivity index (χ0) is 66.5. The molecule has 0 radical (unpaired) electrons. The summed E-state index contributed by atoms with van der Waals surface area (Å²) < 4.78 is 12.4. The van der Waals surface area contributed by atoms with Gasteiger partial charge in [-0.25, -0.2) is 0 Å². The second kappa shape index (κ2) is 34.0. The fourth-order valence-electron chi connectivity index (χ4n) is 11.7. The predicted octanol–water partition coefficient (Wildman–Crippen LogP) is 6.14. The Balaban J connectivity index is 1.06. The molecule has 8 N–H and O–H groups in total. The largest absolute Gasteiger partial charge is 0.379 e. The molecule has 2 aliphatic heterocycles. The minimum Gasteiger partial charge on any atom is -0.379 e. The Morgan fingerprint density at radius 2 is 0.957 bits per heavy atom. The maximum atomic E-state index is 14.9. The molecule has 2 heterocycles. The maximum absolute atomic E-state index is 14.9. The standard InChI is InChI=1S/C72H98N10O10/c1-47(73-9)63(83)79-61(71(3,4)5)69(89)81-43-55(41-59(81)67(87)77-57(51-31-19-13-20-32-51)45-91-39-23-29-49-25-15-11-16-26-49)75-65(85)53-35-37-54(38-36-53)66(86)76-56-42-60(82(44-56)70(90)62(72(6,7)8)80-64(84)48(2)74-10)68(88)78-58(52-33-21-14-22-34-52)46-92-40-24-30-50-27-17-12-18-28-50/h11-22,25-28,31-33,35-38,47-48,52,55-62,73-74H,23-24,29-30,34,39-46H2,1-10H3,(H,75,85)(H,76,86)(H,77,87)(H,78,88)(H,79,83)(H,80,84)/t47-,48-,52?,55-,56-,57+,58+,59-,60-,61+,62+/m0/s1. The third-order valence-electron chi connectivity index (χ3n) is 17.5. The SMILES string of the molecule is CN[C@@H](C)C(=O)N[C@H](C(=O)N1C[C@@H](NC(=O)c2ccc(C(=O)N[C@H]3C[C@@H](C(=O)N[C@H](COCCCc4ccccc4)C4C=CC=CC4)N(C(=O)[C@@H](NC(=O)[C@H](C)NC)C(C)(C)C)C3)cc2)C[C@H]1C(=O)N[C@H](COCCCc1ccccc1)c1ccccc1)C(C)(C)C. The van der Waals surface area contributed by atoms with E-state index < -0.39 is 113 Å². The number of carbonyl (C=O) groups excluding carboxylic acids is 8. The van der Waals surface area contributed by atoms with E-state index in [2.05, 4.69) is 66.8 Å². The van der Waals surface area contributed by atoms with E-state index in [4.69, 9.17) is 9.47 Å². The van der Waals surface area contributed by atoms with Gasteiger partial charge in [-0.1, -0.05) is 157 Å². The number of hydrogen-bond acceptors (Lipinski definition) is 12. The molecule has 20 heteroatoms. The molecule has 0 spiro atoms. The molecule has 0 saturated carbocycles. The Bertz CT molecular complexity index is 3150. The zero-order valence-corrected chi connectivity index (χ0v) is 55.3. The van der Waals surface area contributed by atoms with Crippen LogP contribution in [0.5, 0.6) is 0 Å². The molecule has 92 heavy (non-hydrogen) atoms. The molecule has 4 aromatic carbocycles. The molecular weight excluding hydrogens is 1160 g/mol. The van der Waals surface area contributed by atoms with Gasteiger partial charge in [-0.2, -0.15) is 0 Å². The van der Waals surface area contributed by atoms with Crippen molar-refractivity contribution in [1.29, 1.82) is 0 Å². The number of amides is 8. The van der Waals surface area contributed by atoms with Crippen LogP contribution < -0.4 is 42.5 Å². The number of rotatable bonds is 30. The number of aryl methyl sites for hydroxylation is 2. The summed E-state index contributed by atoms with van der Waals surface area (Å²) in [6, 6.07) is 28.0. The quantitative estimate of drug-likeness (QED) is 0.0274. The summed E-state index contributed by atoms with van der Waals surface area (Å²) in [6.45, 7) is 15.7. The number of carbonyl (C=O) groups is 8. The van der Waals surface area contributed by atoms with Crippen LogP contribution in [0.2, 0.25) is 0 Å². The second-order valence-corrected chi connectivity index (χ2v) is 26.7. The number of likely N-dealkylation sites (tertiary alicyclic amines) is 2. The monoisotopic (exact) mass is 1260 g/mol. The van der Waals surface area contributed by atoms with Crippen molar-refractivity contribution in [2.24, 2.45) is 16.7 Å². The normalized spacial score (nSPS) is 20.0. The van der Waals surface area contributed by atoms with Crippen LogP contribution >= 0.6 is 0 Å². The molecule has 11 atom stereocenters. The summed E-state index contributed by atoms with van der Waals surface area (Å²) >= 11 is 0. The highest BCUT2D eigenvalue weighted by molar-refractivity contribution is 5.99. The van der Waals surface area contributed by atoms with Crippen molar-refractivity contribution < 1.29 is 47.8 Å². The molecule has 2 fully saturated rings. The molecule has 20 nitrogen and oxygen atoms in total. The number of nitrogens with one attached hydrogen (secondary N) is 8. The van der Waals surface area contributed by atoms with Gasteiger partial charge in [-0.05, 0) is 125 Å². The van der Waals surface area contributed by atoms with Crippen molar-refractivity contribution in [3.05, 3.63) is 167 Å². The van der Waals surface area contributed by atoms with Crippen LogP contribution in [0.1, 0.15) is 131 Å². The van der Waals surface area contributed by atoms with E-state index in [0.717, 1.165) is 31.2 Å². The van der Waals surface area contributed by atoms with Gasteiger partial charge in [-0.15, -0.1) is 0 Å². The van der Waals surface area contributed by atoms with Crippen molar-refractivity contribution in [3.8, 4) is 0 Å². The van der Waals surface area contributed by atoms with Crippen LogP contribution in [-0.2, 0) is 51.1 Å². The molecule has 0 aromatic heterocycles. The highest BCUT2D eigenvalue weighted by atomic mass is 16.5. The van der Waals surface area contributed by atoms with E-state index in [1.165, 1.54) is 45.2 Å². The van der Waals surface area contributed by atoms with E-state index in [1.807, 2.05) is 133 Å². The van der Waals surface area contributed by atoms with Gasteiger partial charge in [0, 0.05) is 55.4 Å². The third kappa shape index (κ3) is 20.5. The zero-order valence-electron chi connectivity index (χ0n) is 55.3. The smallest absolute Gasteiger partial charge is 0.251 e. The van der Waals surface area contributed by atoms with Crippen molar-refractivity contribution in [3.63, 3.8) is 0 Å². The summed E-state index contributed by atoms with van der Waals surface area (Å²) in [7, 11) is 3.30. The fraction of sp³-hybridized carbons (Fsp3) is 0.500. The van der Waals surface area contributed by atoms with Crippen LogP contribution in [-0.4, -0.2) is 165 Å². The number of ether oxygens (including phenoxy) is 2. The Kier molecular flexibility index (Phi) is 26.4. The van der Waals surface area contributed by atoms with Crippen molar-refractivity contribution >= 4 is 47.3 Å². The Labute approximate surface area is 543 Å². The fourth-order valence-corrected chi connectivity index (χ4v) is 11.7. The minimum absolute atomic E-state index is 0.0341. The average molecular weight is 1260 g/mol. The summed E-state index contributed by atoms with van der Waals surface area (Å²) in [5.74, 6) is -3.69. The number of likely N-dealkylation sites (N-methyl/N-ethyl adjacent to an activating group) is 2. The first-order chi connectivity index (χ1) is 43.9. The highest BCUT2D eigenvalue weighted by Crippen LogP contribution is 2.30. The van der Waals surface area contributed by atoms with Crippen molar-refractivity contribution in [2.75, 3.05) is 53.6 Å². The summed E-state index contributed by atoms with van der Waals surface area (Å²) in [4.78, 5) is 117. The van der Waals surface area contributed by atoms with Gasteiger partial charge in [0.15, 0.2) is 0 Å². The van der Waals surface area contributed by atoms with Gasteiger partial charge in [0.25, 0.3) is 11.8 Å². The molecule has 4 aromatic rings. The molecule has 2 saturated heterocycles. The van der Waals surface area contributed by atoms with Crippen LogP contribution in [0.4, 0.5) is 0 Å². The molecule has 7 rings (SSSR count). The molecular formula is C72H98N10O10. The van der Waals surface area contributed by atoms with Gasteiger partial charge in [0.1, 0.15) is 24.2 Å². The topological polar surface area (TPSA) is 258 Å². The molecule has 1 unspecified atom stereocenters. The molecule has 0 bridgehead atoms. The van der Waals surface area contributed by atoms with Crippen LogP contribution in [0.15, 0.2) is 140 Å². The first kappa shape index (κ1) is 71.4. The van der Waals surface area contributed by atoms with E-state index in [0.29, 0.717) is 19.6 Å². The number of hydrogen-bond donors (Lipinski definition) is 8. The van der Waals surface area contributed by atoms with Crippen LogP contribution in [0, 0.1) is 16.7 Å². The summed E-state index contributed by atoms with van der Waals surface area (Å²) in [5.41, 5.74) is 2.06. The second-order valence-electron chi connectivity index (χ2n) is 26.7. The predicted molar refractivity (Wildman–Crippen MR) is 356 cm³/mol.